The summed E-state index contributed by atoms with van der Waals surface area (Å²) in [6.07, 6.45) is -0.0979. The summed E-state index contributed by atoms with van der Waals surface area (Å²) >= 11 is 4.90. The molecule has 7 heteroatoms. The monoisotopic (exact) mass is 288 g/mol. The number of carboxylic acid groups (broad SMARTS) is 1. The third kappa shape index (κ3) is 4.22. The molecule has 3 N–H and O–H groups in total. The molecule has 1 unspecified atom stereocenters. The first-order valence-electron chi connectivity index (χ1n) is 5.49. The van der Waals surface area contributed by atoms with Crippen molar-refractivity contribution < 1.29 is 18.7 Å². The van der Waals surface area contributed by atoms with Crippen LogP contribution in [0.15, 0.2) is 18.2 Å². The average molecular weight is 288 g/mol. The molecule has 0 saturated heterocycles. The van der Waals surface area contributed by atoms with Gasteiger partial charge < -0.3 is 10.8 Å². The van der Waals surface area contributed by atoms with Crippen LogP contribution in [0.1, 0.15) is 18.0 Å². The van der Waals surface area contributed by atoms with Crippen molar-refractivity contribution in [2.24, 2.45) is 5.73 Å². The number of halogens is 2. The van der Waals surface area contributed by atoms with Crippen molar-refractivity contribution in [3.05, 3.63) is 35.4 Å². The van der Waals surface area contributed by atoms with Crippen molar-refractivity contribution in [3.63, 3.8) is 0 Å². The molecule has 0 aliphatic heterocycles. The minimum Gasteiger partial charge on any atom is -0.481 e. The lowest BCUT2D eigenvalue weighted by Gasteiger charge is -2.27. The van der Waals surface area contributed by atoms with Gasteiger partial charge in [-0.3, -0.25) is 9.69 Å². The van der Waals surface area contributed by atoms with Gasteiger partial charge in [0.15, 0.2) is 11.6 Å². The molecule has 0 fully saturated rings. The quantitative estimate of drug-likeness (QED) is 0.780. The minimum atomic E-state index is -0.995. The highest BCUT2D eigenvalue weighted by Gasteiger charge is 2.21. The predicted octanol–water partition coefficient (Wildman–Crippen LogP) is 1.70. The fraction of sp³-hybridized carbons (Fsp3) is 0.333. The molecule has 0 aliphatic carbocycles. The van der Waals surface area contributed by atoms with Gasteiger partial charge >= 0.3 is 5.97 Å². The lowest BCUT2D eigenvalue weighted by atomic mass is 10.0. The van der Waals surface area contributed by atoms with Gasteiger partial charge in [0.05, 0.1) is 17.5 Å². The second kappa shape index (κ2) is 6.53. The Morgan fingerprint density at radius 2 is 2.11 bits per heavy atom. The zero-order valence-corrected chi connectivity index (χ0v) is 11.1. The number of benzene rings is 1. The van der Waals surface area contributed by atoms with E-state index < -0.39 is 23.6 Å². The number of aliphatic carboxylic acids is 1. The second-order valence-electron chi connectivity index (χ2n) is 4.10. The van der Waals surface area contributed by atoms with Gasteiger partial charge in [0.2, 0.25) is 0 Å². The molecule has 104 valence electrons. The normalized spacial score (nSPS) is 12.4. The minimum absolute atomic E-state index is 0.0684. The second-order valence-corrected chi connectivity index (χ2v) is 4.57. The zero-order valence-electron chi connectivity index (χ0n) is 10.3. The maximum Gasteiger partial charge on any atom is 0.304 e. The number of likely N-dealkylation sites (N-methyl/N-ethyl adjacent to an activating group) is 1. The summed E-state index contributed by atoms with van der Waals surface area (Å²) in [4.78, 5) is 12.2. The summed E-state index contributed by atoms with van der Waals surface area (Å²) in [5.74, 6) is -2.91. The Kier molecular flexibility index (Phi) is 5.31. The van der Waals surface area contributed by atoms with Crippen LogP contribution in [0.25, 0.3) is 0 Å². The van der Waals surface area contributed by atoms with Gasteiger partial charge in [-0.05, 0) is 24.7 Å². The highest BCUT2D eigenvalue weighted by atomic mass is 32.1. The van der Waals surface area contributed by atoms with E-state index in [0.29, 0.717) is 5.56 Å². The van der Waals surface area contributed by atoms with Crippen LogP contribution < -0.4 is 5.73 Å². The van der Waals surface area contributed by atoms with Crippen molar-refractivity contribution in [2.75, 3.05) is 13.6 Å². The van der Waals surface area contributed by atoms with Crippen molar-refractivity contribution >= 4 is 23.2 Å². The first-order chi connectivity index (χ1) is 8.82. The molecular weight excluding hydrogens is 274 g/mol. The van der Waals surface area contributed by atoms with Crippen LogP contribution in [0.3, 0.4) is 0 Å². The molecule has 1 aromatic carbocycles. The van der Waals surface area contributed by atoms with Crippen LogP contribution in [0.4, 0.5) is 8.78 Å². The number of rotatable bonds is 6. The van der Waals surface area contributed by atoms with Crippen LogP contribution >= 0.6 is 12.2 Å². The van der Waals surface area contributed by atoms with E-state index in [4.69, 9.17) is 23.1 Å². The van der Waals surface area contributed by atoms with Gasteiger partial charge in [-0.2, -0.15) is 0 Å². The zero-order chi connectivity index (χ0) is 14.6. The summed E-state index contributed by atoms with van der Waals surface area (Å²) in [6, 6.07) is 2.74. The van der Waals surface area contributed by atoms with Crippen LogP contribution in [0.2, 0.25) is 0 Å². The fourth-order valence-electron chi connectivity index (χ4n) is 1.72. The van der Waals surface area contributed by atoms with E-state index in [2.05, 4.69) is 0 Å². The molecule has 19 heavy (non-hydrogen) atoms. The van der Waals surface area contributed by atoms with E-state index in [9.17, 15) is 13.6 Å². The third-order valence-electron chi connectivity index (χ3n) is 2.65. The van der Waals surface area contributed by atoms with E-state index >= 15 is 0 Å². The highest BCUT2D eigenvalue weighted by Crippen LogP contribution is 2.22. The number of nitrogens with two attached hydrogens (primary N) is 1. The maximum atomic E-state index is 13.2. The van der Waals surface area contributed by atoms with Gasteiger partial charge in [-0.1, -0.05) is 18.3 Å². The molecule has 0 spiro atoms. The Morgan fingerprint density at radius 3 is 2.58 bits per heavy atom. The summed E-state index contributed by atoms with van der Waals surface area (Å²) < 4.78 is 26.1. The summed E-state index contributed by atoms with van der Waals surface area (Å²) in [5.41, 5.74) is 5.98. The van der Waals surface area contributed by atoms with Crippen molar-refractivity contribution in [3.8, 4) is 0 Å². The molecule has 0 amide bonds. The summed E-state index contributed by atoms with van der Waals surface area (Å²) in [7, 11) is 1.62. The number of carboxylic acids is 1. The van der Waals surface area contributed by atoms with Crippen molar-refractivity contribution in [1.29, 1.82) is 0 Å². The Morgan fingerprint density at radius 1 is 1.47 bits per heavy atom. The SMILES string of the molecule is CN(CCC(=O)O)C(C(N)=S)c1ccc(F)c(F)c1. The van der Waals surface area contributed by atoms with E-state index in [1.54, 1.807) is 11.9 Å². The largest absolute Gasteiger partial charge is 0.481 e. The van der Waals surface area contributed by atoms with E-state index in [-0.39, 0.29) is 18.0 Å². The molecular formula is C12H14F2N2O2S. The molecule has 0 aromatic heterocycles. The smallest absolute Gasteiger partial charge is 0.304 e. The Labute approximate surface area is 114 Å². The Hall–Kier alpha value is -1.60. The Bertz CT molecular complexity index is 497. The summed E-state index contributed by atoms with van der Waals surface area (Å²) in [6.45, 7) is 0.191. The number of thiocarbonyl (C=S) groups is 1. The third-order valence-corrected chi connectivity index (χ3v) is 2.87. The first kappa shape index (κ1) is 15.5. The van der Waals surface area contributed by atoms with Crippen LogP contribution in [-0.2, 0) is 4.79 Å². The molecule has 1 aromatic rings. The topological polar surface area (TPSA) is 66.6 Å². The molecule has 0 aliphatic rings. The fourth-order valence-corrected chi connectivity index (χ4v) is 2.04. The van der Waals surface area contributed by atoms with Crippen molar-refractivity contribution in [2.45, 2.75) is 12.5 Å². The van der Waals surface area contributed by atoms with E-state index in [1.807, 2.05) is 0 Å². The molecule has 0 heterocycles. The lowest BCUT2D eigenvalue weighted by molar-refractivity contribution is -0.137. The standard InChI is InChI=1S/C12H14F2N2O2S/c1-16(5-4-10(17)18)11(12(15)19)7-2-3-8(13)9(14)6-7/h2-3,6,11H,4-5H2,1H3,(H2,15,19)(H,17,18). The van der Waals surface area contributed by atoms with Gasteiger partial charge in [-0.25, -0.2) is 8.78 Å². The van der Waals surface area contributed by atoms with Gasteiger partial charge in [0.25, 0.3) is 0 Å². The molecule has 1 atom stereocenters. The van der Waals surface area contributed by atoms with Crippen LogP contribution in [0.5, 0.6) is 0 Å². The average Bonchev–Trinajstić information content (AvgIpc) is 2.31. The van der Waals surface area contributed by atoms with Gasteiger partial charge in [0.1, 0.15) is 0 Å². The molecule has 0 radical (unpaired) electrons. The van der Waals surface area contributed by atoms with E-state index in [0.717, 1.165) is 12.1 Å². The number of nitrogens with zero attached hydrogens (tertiary/aromatic N) is 1. The summed E-state index contributed by atoms with van der Waals surface area (Å²) in [5, 5.41) is 8.63. The highest BCUT2D eigenvalue weighted by molar-refractivity contribution is 7.80. The molecule has 1 rings (SSSR count). The molecule has 0 saturated carbocycles. The predicted molar refractivity (Wildman–Crippen MR) is 70.8 cm³/mol. The van der Waals surface area contributed by atoms with Gasteiger partial charge in [0, 0.05) is 6.54 Å². The van der Waals surface area contributed by atoms with Crippen LogP contribution in [-0.4, -0.2) is 34.6 Å². The van der Waals surface area contributed by atoms with Gasteiger partial charge in [-0.15, -0.1) is 0 Å². The maximum absolute atomic E-state index is 13.2. The van der Waals surface area contributed by atoms with Crippen LogP contribution in [0, 0.1) is 11.6 Å². The molecule has 4 nitrogen and oxygen atoms in total. The van der Waals surface area contributed by atoms with Crippen molar-refractivity contribution in [1.82, 2.24) is 4.90 Å². The number of hydrogen-bond acceptors (Lipinski definition) is 3. The Balaban J connectivity index is 2.96. The van der Waals surface area contributed by atoms with E-state index in [1.165, 1.54) is 6.07 Å². The number of carbonyl (C=O) groups is 1. The lowest BCUT2D eigenvalue weighted by Crippen LogP contribution is -2.35. The number of hydrogen-bond donors (Lipinski definition) is 2. The molecule has 0 bridgehead atoms. The first-order valence-corrected chi connectivity index (χ1v) is 5.90.